The number of nitrogens with one attached hydrogen (secondary N) is 1. The van der Waals surface area contributed by atoms with Crippen molar-refractivity contribution in [2.75, 3.05) is 4.72 Å². The van der Waals surface area contributed by atoms with E-state index in [9.17, 15) is 8.42 Å². The van der Waals surface area contributed by atoms with Gasteiger partial charge in [-0.25, -0.2) is 10.1 Å². The summed E-state index contributed by atoms with van der Waals surface area (Å²) in [6, 6.07) is 6.90. The first-order chi connectivity index (χ1) is 7.56. The van der Waals surface area contributed by atoms with Crippen LogP contribution in [-0.4, -0.2) is 18.0 Å². The fraction of sp³-hybridized carbons (Fsp3) is 0. The highest BCUT2D eigenvalue weighted by Gasteiger charge is 2.07. The highest BCUT2D eigenvalue weighted by molar-refractivity contribution is 7.90. The molecule has 0 fully saturated rings. The first-order valence-corrected chi connectivity index (χ1v) is 5.99. The van der Waals surface area contributed by atoms with Gasteiger partial charge in [-0.3, -0.25) is 4.72 Å². The molecule has 2 aromatic rings. The number of rotatable bonds is 3. The molecule has 0 aliphatic rings. The molecule has 2 rings (SSSR count). The van der Waals surface area contributed by atoms with Crippen molar-refractivity contribution in [2.45, 2.75) is 0 Å². The van der Waals surface area contributed by atoms with Crippen molar-refractivity contribution >= 4 is 15.9 Å². The van der Waals surface area contributed by atoms with Gasteiger partial charge in [-0.05, 0) is 12.1 Å². The number of nitrogens with two attached hydrogens (primary N) is 1. The number of hydrogen-bond acceptors (Lipinski definition) is 3. The second-order valence-electron chi connectivity index (χ2n) is 3.13. The van der Waals surface area contributed by atoms with E-state index in [1.807, 2.05) is 0 Å². The van der Waals surface area contributed by atoms with Crippen LogP contribution in [0.15, 0.2) is 43.0 Å². The molecule has 0 aliphatic carbocycles. The zero-order valence-electron chi connectivity index (χ0n) is 8.24. The molecule has 1 heterocycles. The van der Waals surface area contributed by atoms with E-state index in [2.05, 4.69) is 9.71 Å². The predicted molar refractivity (Wildman–Crippen MR) is 60.3 cm³/mol. The summed E-state index contributed by atoms with van der Waals surface area (Å²) in [4.78, 5) is 3.89. The molecule has 84 valence electrons. The van der Waals surface area contributed by atoms with Gasteiger partial charge in [0.15, 0.2) is 0 Å². The zero-order chi connectivity index (χ0) is 11.6. The molecule has 3 N–H and O–H groups in total. The summed E-state index contributed by atoms with van der Waals surface area (Å²) in [6.45, 7) is 0. The molecule has 1 aromatic heterocycles. The molecular weight excluding hydrogens is 228 g/mol. The second kappa shape index (κ2) is 3.95. The fourth-order valence-corrected chi connectivity index (χ4v) is 1.82. The van der Waals surface area contributed by atoms with E-state index in [1.165, 1.54) is 0 Å². The third kappa shape index (κ3) is 2.38. The normalized spacial score (nSPS) is 11.3. The maximum absolute atomic E-state index is 11.0. The summed E-state index contributed by atoms with van der Waals surface area (Å²) >= 11 is 0. The Hall–Kier alpha value is -1.86. The smallest absolute Gasteiger partial charge is 0.296 e. The summed E-state index contributed by atoms with van der Waals surface area (Å²) in [6.07, 6.45) is 4.89. The molecule has 0 amide bonds. The van der Waals surface area contributed by atoms with E-state index in [0.29, 0.717) is 11.4 Å². The third-order valence-corrected chi connectivity index (χ3v) is 2.44. The van der Waals surface area contributed by atoms with E-state index in [4.69, 9.17) is 5.14 Å². The highest BCUT2D eigenvalue weighted by atomic mass is 32.2. The van der Waals surface area contributed by atoms with Crippen LogP contribution in [0, 0.1) is 0 Å². The van der Waals surface area contributed by atoms with Crippen molar-refractivity contribution in [1.29, 1.82) is 0 Å². The molecular formula is C9H10N4O2S. The molecule has 0 spiro atoms. The molecule has 0 aliphatic heterocycles. The average Bonchev–Trinajstić information content (AvgIpc) is 2.69. The van der Waals surface area contributed by atoms with Gasteiger partial charge in [-0.1, -0.05) is 12.1 Å². The second-order valence-corrected chi connectivity index (χ2v) is 4.43. The molecule has 0 saturated carbocycles. The first kappa shape index (κ1) is 10.7. The van der Waals surface area contributed by atoms with Gasteiger partial charge in [0.25, 0.3) is 10.2 Å². The number of anilines is 1. The van der Waals surface area contributed by atoms with Gasteiger partial charge in [-0.2, -0.15) is 8.42 Å². The maximum atomic E-state index is 11.0. The van der Waals surface area contributed by atoms with Crippen LogP contribution >= 0.6 is 0 Å². The number of aromatic nitrogens is 2. The number of benzene rings is 1. The molecule has 0 saturated heterocycles. The van der Waals surface area contributed by atoms with Crippen LogP contribution in [0.1, 0.15) is 0 Å². The molecule has 16 heavy (non-hydrogen) atoms. The van der Waals surface area contributed by atoms with Crippen LogP contribution in [0.2, 0.25) is 0 Å². The number of para-hydroxylation sites is 2. The van der Waals surface area contributed by atoms with E-state index < -0.39 is 10.2 Å². The molecule has 0 radical (unpaired) electrons. The van der Waals surface area contributed by atoms with Crippen LogP contribution in [0.3, 0.4) is 0 Å². The Morgan fingerprint density at radius 2 is 2.06 bits per heavy atom. The summed E-state index contributed by atoms with van der Waals surface area (Å²) in [5.41, 5.74) is 1.07. The summed E-state index contributed by atoms with van der Waals surface area (Å²) in [5, 5.41) is 4.93. The average molecular weight is 238 g/mol. The lowest BCUT2D eigenvalue weighted by Crippen LogP contribution is -2.22. The van der Waals surface area contributed by atoms with E-state index in [-0.39, 0.29) is 0 Å². The quantitative estimate of drug-likeness (QED) is 0.815. The zero-order valence-corrected chi connectivity index (χ0v) is 9.05. The van der Waals surface area contributed by atoms with E-state index >= 15 is 0 Å². The highest BCUT2D eigenvalue weighted by Crippen LogP contribution is 2.19. The Morgan fingerprint density at radius 1 is 1.31 bits per heavy atom. The van der Waals surface area contributed by atoms with Crippen LogP contribution in [0.25, 0.3) is 5.69 Å². The minimum absolute atomic E-state index is 0.406. The lowest BCUT2D eigenvalue weighted by molar-refractivity contribution is 0.603. The molecule has 0 unspecified atom stereocenters. The largest absolute Gasteiger partial charge is 0.304 e. The lowest BCUT2D eigenvalue weighted by atomic mass is 10.3. The summed E-state index contributed by atoms with van der Waals surface area (Å²) in [7, 11) is -3.77. The Labute approximate surface area is 92.9 Å². The molecule has 1 aromatic carbocycles. The van der Waals surface area contributed by atoms with Crippen molar-refractivity contribution in [1.82, 2.24) is 9.55 Å². The number of imidazole rings is 1. The number of hydrogen-bond donors (Lipinski definition) is 2. The summed E-state index contributed by atoms with van der Waals surface area (Å²) in [5.74, 6) is 0. The topological polar surface area (TPSA) is 90.0 Å². The van der Waals surface area contributed by atoms with Gasteiger partial charge in [0.05, 0.1) is 17.7 Å². The fourth-order valence-electron chi connectivity index (χ4n) is 1.34. The number of nitrogens with zero attached hydrogens (tertiary/aromatic N) is 2. The van der Waals surface area contributed by atoms with Crippen molar-refractivity contribution in [3.05, 3.63) is 43.0 Å². The predicted octanol–water partition coefficient (Wildman–Crippen LogP) is 0.488. The SMILES string of the molecule is NS(=O)(=O)Nc1ccccc1-n1ccnc1. The van der Waals surface area contributed by atoms with Crippen LogP contribution < -0.4 is 9.86 Å². The van der Waals surface area contributed by atoms with Gasteiger partial charge in [-0.15, -0.1) is 0 Å². The van der Waals surface area contributed by atoms with Gasteiger partial charge in [0, 0.05) is 12.4 Å². The minimum Gasteiger partial charge on any atom is -0.304 e. The van der Waals surface area contributed by atoms with Crippen molar-refractivity contribution < 1.29 is 8.42 Å². The van der Waals surface area contributed by atoms with Gasteiger partial charge in [0.2, 0.25) is 0 Å². The lowest BCUT2D eigenvalue weighted by Gasteiger charge is -2.10. The summed E-state index contributed by atoms with van der Waals surface area (Å²) < 4.78 is 25.9. The molecule has 7 heteroatoms. The Balaban J connectivity index is 2.47. The van der Waals surface area contributed by atoms with E-state index in [0.717, 1.165) is 0 Å². The van der Waals surface area contributed by atoms with Gasteiger partial charge < -0.3 is 4.57 Å². The van der Waals surface area contributed by atoms with Crippen LogP contribution in [0.5, 0.6) is 0 Å². The minimum atomic E-state index is -3.77. The third-order valence-electron chi connectivity index (χ3n) is 1.94. The standard InChI is InChI=1S/C9H10N4O2S/c10-16(14,15)12-8-3-1-2-4-9(8)13-6-5-11-7-13/h1-7,12H,(H2,10,14,15). The Kier molecular flexibility index (Phi) is 2.63. The van der Waals surface area contributed by atoms with Gasteiger partial charge in [0.1, 0.15) is 0 Å². The maximum Gasteiger partial charge on any atom is 0.296 e. The van der Waals surface area contributed by atoms with Crippen LogP contribution in [-0.2, 0) is 10.2 Å². The first-order valence-electron chi connectivity index (χ1n) is 4.44. The van der Waals surface area contributed by atoms with Crippen LogP contribution in [0.4, 0.5) is 5.69 Å². The molecule has 0 bridgehead atoms. The molecule has 6 nitrogen and oxygen atoms in total. The monoisotopic (exact) mass is 238 g/mol. The van der Waals surface area contributed by atoms with Crippen molar-refractivity contribution in [2.24, 2.45) is 5.14 Å². The Morgan fingerprint density at radius 3 is 2.69 bits per heavy atom. The molecule has 0 atom stereocenters. The Bertz CT molecular complexity index is 577. The van der Waals surface area contributed by atoms with E-state index in [1.54, 1.807) is 47.6 Å². The van der Waals surface area contributed by atoms with Crippen molar-refractivity contribution in [3.63, 3.8) is 0 Å². The van der Waals surface area contributed by atoms with Gasteiger partial charge >= 0.3 is 0 Å². The van der Waals surface area contributed by atoms with Crippen molar-refractivity contribution in [3.8, 4) is 5.69 Å².